The van der Waals surface area contributed by atoms with Gasteiger partial charge in [-0.15, -0.1) is 0 Å². The number of aliphatic hydroxyl groups excluding tert-OH is 4. The zero-order valence-corrected chi connectivity index (χ0v) is 55.8. The molecule has 4 aliphatic rings. The molecule has 0 spiro atoms. The number of likely N-dealkylation sites (N-methyl/N-ethyl adjacent to an activating group) is 3. The molecule has 9 N–H and O–H groups in total. The largest absolute Gasteiger partial charge is 0.479 e. The number of carboxylic acids is 1. The lowest BCUT2D eigenvalue weighted by atomic mass is 9.87. The number of rotatable bonds is 31. The van der Waals surface area contributed by atoms with Gasteiger partial charge >= 0.3 is 12.1 Å². The van der Waals surface area contributed by atoms with Crippen molar-refractivity contribution in [3.63, 3.8) is 0 Å². The van der Waals surface area contributed by atoms with E-state index in [1.54, 1.807) is 89.7 Å². The molecule has 4 heterocycles. The monoisotopic (exact) mass is 1320 g/mol. The van der Waals surface area contributed by atoms with Crippen LogP contribution in [-0.2, 0) is 68.7 Å². The summed E-state index contributed by atoms with van der Waals surface area (Å²) in [6, 6.07) is 8.78. The molecule has 29 heteroatoms. The minimum atomic E-state index is -2.05. The van der Waals surface area contributed by atoms with E-state index in [1.165, 1.54) is 44.4 Å². The van der Waals surface area contributed by atoms with Gasteiger partial charge in [0.05, 0.1) is 54.5 Å². The zero-order chi connectivity index (χ0) is 69.8. The van der Waals surface area contributed by atoms with Gasteiger partial charge in [-0.2, -0.15) is 0 Å². The van der Waals surface area contributed by atoms with E-state index in [9.17, 15) is 73.5 Å². The van der Waals surface area contributed by atoms with Crippen LogP contribution in [0, 0.1) is 23.7 Å². The van der Waals surface area contributed by atoms with Gasteiger partial charge in [0.2, 0.25) is 41.7 Å². The average molecular weight is 1320 g/mol. The maximum Gasteiger partial charge on any atom is 0.410 e. The minimum absolute atomic E-state index is 0.0437. The standard InChI is InChI=1S/C65H95N9O20/c1-14-36(6)51(44(90-12)30-48(78)73-28-18-21-42(73)56(91-13)37(7)58(83)67-38(8)52(79)40-19-16-15-17-20-40)71(10)60(85)49(34(2)3)69-59(84)50(35(4)5)72(11)64(89)92-31-39-22-23-43(93-62-55(82)53(80)54(81)57(94-62)61(86)87)41(29-39)68-45(75)26-27-66-63(88)65(32-70(9)33-65)74-46(76)24-25-47(74)77/h15-17,19-20,22-25,29,34-38,42,44,49-57,62,79-82H,14,18,21,26-28,30-33H2,1-13H3,(H,66,88)(H,67,83)(H,68,75)(H,69,84)(H,86,87)/t36-,37+,38+,42-,44+,49-,50-,51-,52+,53-,54-,55+,56+,57-,62+/m0/s1. The number of aliphatic hydroxyl groups is 4. The molecule has 0 radical (unpaired) electrons. The van der Waals surface area contributed by atoms with E-state index in [4.69, 9.17) is 23.7 Å². The number of hydrogen-bond acceptors (Lipinski definition) is 20. The smallest absolute Gasteiger partial charge is 0.410 e. The number of methoxy groups -OCH3 is 2. The number of amides is 9. The van der Waals surface area contributed by atoms with Crippen LogP contribution in [0.3, 0.4) is 0 Å². The molecule has 0 aliphatic carbocycles. The van der Waals surface area contributed by atoms with E-state index >= 15 is 0 Å². The highest BCUT2D eigenvalue weighted by molar-refractivity contribution is 6.16. The van der Waals surface area contributed by atoms with E-state index < -0.39 is 163 Å². The fraction of sp³-hybridized carbons (Fsp3) is 0.631. The van der Waals surface area contributed by atoms with Crippen molar-refractivity contribution in [2.24, 2.45) is 23.7 Å². The van der Waals surface area contributed by atoms with Gasteiger partial charge in [-0.1, -0.05) is 91.3 Å². The molecule has 15 atom stereocenters. The highest BCUT2D eigenvalue weighted by Gasteiger charge is 2.57. The van der Waals surface area contributed by atoms with Gasteiger partial charge in [0.25, 0.3) is 11.8 Å². The second-order valence-corrected chi connectivity index (χ2v) is 25.6. The molecule has 2 aromatic carbocycles. The number of likely N-dealkylation sites (tertiary alicyclic amines) is 2. The molecule has 0 bridgehead atoms. The van der Waals surface area contributed by atoms with Gasteiger partial charge < -0.3 is 85.2 Å². The van der Waals surface area contributed by atoms with Crippen molar-refractivity contribution in [1.29, 1.82) is 0 Å². The number of imide groups is 1. The lowest BCUT2D eigenvalue weighted by molar-refractivity contribution is -0.271. The van der Waals surface area contributed by atoms with Crippen molar-refractivity contribution < 1.29 is 97.2 Å². The molecule has 0 unspecified atom stereocenters. The van der Waals surface area contributed by atoms with Gasteiger partial charge in [-0.05, 0) is 67.8 Å². The van der Waals surface area contributed by atoms with Crippen LogP contribution in [-0.4, -0.2) is 250 Å². The van der Waals surface area contributed by atoms with Crippen LogP contribution in [0.1, 0.15) is 105 Å². The molecule has 3 fully saturated rings. The van der Waals surface area contributed by atoms with Crippen molar-refractivity contribution >= 4 is 65.0 Å². The van der Waals surface area contributed by atoms with Crippen LogP contribution in [0.5, 0.6) is 5.75 Å². The molecule has 94 heavy (non-hydrogen) atoms. The Morgan fingerprint density at radius 3 is 2.04 bits per heavy atom. The van der Waals surface area contributed by atoms with Crippen molar-refractivity contribution in [3.05, 3.63) is 71.8 Å². The Labute approximate surface area is 547 Å². The summed E-state index contributed by atoms with van der Waals surface area (Å²) >= 11 is 0. The van der Waals surface area contributed by atoms with Gasteiger partial charge in [0.15, 0.2) is 11.6 Å². The van der Waals surface area contributed by atoms with Crippen LogP contribution in [0.15, 0.2) is 60.7 Å². The quantitative estimate of drug-likeness (QED) is 0.0474. The Balaban J connectivity index is 1.12. The predicted octanol–water partition coefficient (Wildman–Crippen LogP) is 0.904. The maximum absolute atomic E-state index is 14.9. The molecule has 520 valence electrons. The summed E-state index contributed by atoms with van der Waals surface area (Å²) in [7, 11) is 7.59. The molecule has 9 amide bonds. The lowest BCUT2D eigenvalue weighted by Gasteiger charge is -2.50. The number of carbonyl (C=O) groups is 10. The van der Waals surface area contributed by atoms with Crippen LogP contribution in [0.2, 0.25) is 0 Å². The highest BCUT2D eigenvalue weighted by atomic mass is 16.7. The number of benzene rings is 2. The number of ether oxygens (including phenoxy) is 5. The Hall–Kier alpha value is -7.64. The molecule has 2 aromatic rings. The topological polar surface area (TPSA) is 382 Å². The summed E-state index contributed by atoms with van der Waals surface area (Å²) in [5.41, 5.74) is -0.825. The van der Waals surface area contributed by atoms with E-state index in [1.807, 2.05) is 19.9 Å². The first kappa shape index (κ1) is 75.4. The molecule has 0 saturated carbocycles. The summed E-state index contributed by atoms with van der Waals surface area (Å²) in [6.45, 7) is 13.9. The van der Waals surface area contributed by atoms with Crippen molar-refractivity contribution in [2.45, 2.75) is 179 Å². The molecule has 29 nitrogen and oxygen atoms in total. The fourth-order valence-corrected chi connectivity index (χ4v) is 12.8. The molecular weight excluding hydrogens is 1230 g/mol. The van der Waals surface area contributed by atoms with Crippen molar-refractivity contribution in [2.75, 3.05) is 66.9 Å². The third kappa shape index (κ3) is 17.4. The first-order valence-corrected chi connectivity index (χ1v) is 31.7. The van der Waals surface area contributed by atoms with Crippen LogP contribution in [0.4, 0.5) is 10.5 Å². The maximum atomic E-state index is 14.9. The van der Waals surface area contributed by atoms with Crippen LogP contribution >= 0.6 is 0 Å². The number of anilines is 1. The number of carboxylic acid groups (broad SMARTS) is 1. The highest BCUT2D eigenvalue weighted by Crippen LogP contribution is 2.35. The average Bonchev–Trinajstić information content (AvgIpc) is 1.38. The van der Waals surface area contributed by atoms with Gasteiger partial charge in [0, 0.05) is 73.1 Å². The Kier molecular flexibility index (Phi) is 26.6. The number of nitrogens with zero attached hydrogens (tertiary/aromatic N) is 5. The second kappa shape index (κ2) is 33.2. The fourth-order valence-electron chi connectivity index (χ4n) is 12.8. The van der Waals surface area contributed by atoms with E-state index in [-0.39, 0.29) is 60.8 Å². The summed E-state index contributed by atoms with van der Waals surface area (Å²) in [6.07, 6.45) is -10.1. The number of nitrogens with one attached hydrogen (secondary N) is 4. The van der Waals surface area contributed by atoms with Gasteiger partial charge in [0.1, 0.15) is 42.8 Å². The van der Waals surface area contributed by atoms with Crippen LogP contribution < -0.4 is 26.0 Å². The first-order chi connectivity index (χ1) is 44.3. The Bertz CT molecular complexity index is 3040. The first-order valence-electron chi connectivity index (χ1n) is 31.7. The van der Waals surface area contributed by atoms with E-state index in [0.717, 1.165) is 22.0 Å². The minimum Gasteiger partial charge on any atom is -0.479 e. The summed E-state index contributed by atoms with van der Waals surface area (Å²) < 4.78 is 28.9. The molecule has 6 rings (SSSR count). The third-order valence-electron chi connectivity index (χ3n) is 18.2. The Morgan fingerprint density at radius 1 is 0.819 bits per heavy atom. The van der Waals surface area contributed by atoms with Gasteiger partial charge in [-0.25, -0.2) is 9.59 Å². The normalized spacial score (nSPS) is 23.2. The number of hydrogen-bond donors (Lipinski definition) is 9. The molecular formula is C65H95N9O20. The number of carbonyl (C=O) groups excluding carboxylic acids is 9. The SMILES string of the molecule is CC[C@H](C)[C@@H]([C@@H](CC(=O)N1CCC[C@H]1[C@H](OC)[C@@H](C)C(=O)N[C@H](C)[C@@H](O)c1ccccc1)OC)N(C)C(=O)[C@@H](NC(=O)[C@H](C(C)C)N(C)C(=O)OCc1ccc(O[C@@H]2O[C@H](C(=O)O)[C@@H](O)[C@H](O)[C@H]2O)c(NC(=O)CCNC(=O)C2(N3C(=O)C=CC3=O)CN(C)C2)c1)C(C)C. The molecule has 4 aliphatic heterocycles. The van der Waals surface area contributed by atoms with Crippen molar-refractivity contribution in [3.8, 4) is 5.75 Å². The summed E-state index contributed by atoms with van der Waals surface area (Å²) in [4.78, 5) is 143. The summed E-state index contributed by atoms with van der Waals surface area (Å²) in [5, 5.41) is 63.2. The number of aliphatic carboxylic acids is 1. The van der Waals surface area contributed by atoms with E-state index in [2.05, 4.69) is 21.3 Å². The molecule has 0 aromatic heterocycles. The lowest BCUT2D eigenvalue weighted by Crippen LogP contribution is -2.76. The second-order valence-electron chi connectivity index (χ2n) is 25.6. The van der Waals surface area contributed by atoms with Crippen LogP contribution in [0.25, 0.3) is 0 Å². The zero-order valence-electron chi connectivity index (χ0n) is 55.8. The predicted molar refractivity (Wildman–Crippen MR) is 337 cm³/mol. The molecule has 3 saturated heterocycles. The van der Waals surface area contributed by atoms with E-state index in [0.29, 0.717) is 31.4 Å². The Morgan fingerprint density at radius 2 is 1.47 bits per heavy atom. The summed E-state index contributed by atoms with van der Waals surface area (Å²) in [5.74, 6) is -8.47. The van der Waals surface area contributed by atoms with Crippen molar-refractivity contribution in [1.82, 2.24) is 40.4 Å². The third-order valence-corrected chi connectivity index (χ3v) is 18.2. The van der Waals surface area contributed by atoms with Gasteiger partial charge in [-0.3, -0.25) is 48.2 Å².